The maximum Gasteiger partial charge on any atom is 0.341 e. The van der Waals surface area contributed by atoms with E-state index in [0.717, 1.165) is 13.0 Å². The molecule has 2 rings (SSSR count). The van der Waals surface area contributed by atoms with E-state index < -0.39 is 17.3 Å². The van der Waals surface area contributed by atoms with Gasteiger partial charge in [0.05, 0.1) is 0 Å². The van der Waals surface area contributed by atoms with Crippen molar-refractivity contribution in [3.05, 3.63) is 33.7 Å². The number of carbonyl (C=O) groups excluding carboxylic acids is 1. The van der Waals surface area contributed by atoms with Crippen LogP contribution in [0.25, 0.3) is 0 Å². The lowest BCUT2D eigenvalue weighted by Crippen LogP contribution is -2.38. The molecule has 7 heteroatoms. The summed E-state index contributed by atoms with van der Waals surface area (Å²) in [5, 5.41) is 12.4. The molecule has 0 unspecified atom stereocenters. The fraction of sp³-hybridized carbons (Fsp3) is 0.533. The molecule has 1 aliphatic rings. The summed E-state index contributed by atoms with van der Waals surface area (Å²) in [7, 11) is 0. The average Bonchev–Trinajstić information content (AvgIpc) is 2.75. The van der Waals surface area contributed by atoms with E-state index in [1.165, 1.54) is 12.4 Å². The number of hydrogen-bond donors (Lipinski definition) is 2. The van der Waals surface area contributed by atoms with Crippen LogP contribution in [-0.4, -0.2) is 52.6 Å². The molecule has 2 heterocycles. The lowest BCUT2D eigenvalue weighted by Gasteiger charge is -2.21. The van der Waals surface area contributed by atoms with E-state index in [1.54, 1.807) is 9.47 Å². The molecule has 2 N–H and O–H groups in total. The monoisotopic (exact) mass is 307 g/mol. The number of aromatic nitrogens is 1. The summed E-state index contributed by atoms with van der Waals surface area (Å²) in [6.45, 7) is 6.29. The highest BCUT2D eigenvalue weighted by Gasteiger charge is 2.24. The van der Waals surface area contributed by atoms with Gasteiger partial charge in [0.2, 0.25) is 5.43 Å². The zero-order chi connectivity index (χ0) is 16.3. The van der Waals surface area contributed by atoms with Gasteiger partial charge in [-0.15, -0.1) is 0 Å². The first-order chi connectivity index (χ1) is 10.4. The Kier molecular flexibility index (Phi) is 4.97. The van der Waals surface area contributed by atoms with E-state index in [1.807, 2.05) is 13.8 Å². The van der Waals surface area contributed by atoms with E-state index in [4.69, 9.17) is 0 Å². The molecule has 0 spiro atoms. The Morgan fingerprint density at radius 1 is 1.18 bits per heavy atom. The van der Waals surface area contributed by atoms with Gasteiger partial charge in [-0.3, -0.25) is 9.59 Å². The summed E-state index contributed by atoms with van der Waals surface area (Å²) in [6, 6.07) is -0.0453. The Labute approximate surface area is 128 Å². The molecule has 1 amide bonds. The molecule has 1 aromatic heterocycles. The van der Waals surface area contributed by atoms with Gasteiger partial charge in [0.15, 0.2) is 0 Å². The number of nitrogens with one attached hydrogen (secondary N) is 1. The van der Waals surface area contributed by atoms with Gasteiger partial charge in [-0.05, 0) is 26.8 Å². The van der Waals surface area contributed by atoms with Crippen LogP contribution in [0.2, 0.25) is 0 Å². The van der Waals surface area contributed by atoms with E-state index in [-0.39, 0.29) is 17.2 Å². The fourth-order valence-corrected chi connectivity index (χ4v) is 2.42. The second-order valence-corrected chi connectivity index (χ2v) is 5.66. The maximum atomic E-state index is 12.6. The molecule has 7 nitrogen and oxygen atoms in total. The van der Waals surface area contributed by atoms with Crippen LogP contribution in [0.5, 0.6) is 0 Å². The number of aromatic carboxylic acids is 1. The molecule has 0 atom stereocenters. The van der Waals surface area contributed by atoms with Crippen molar-refractivity contribution in [3.63, 3.8) is 0 Å². The zero-order valence-electron chi connectivity index (χ0n) is 12.8. The molecule has 22 heavy (non-hydrogen) atoms. The van der Waals surface area contributed by atoms with E-state index in [0.29, 0.717) is 19.6 Å². The number of carboxylic acid groups (broad SMARTS) is 1. The third kappa shape index (κ3) is 3.36. The molecule has 0 aromatic carbocycles. The number of pyridine rings is 1. The summed E-state index contributed by atoms with van der Waals surface area (Å²) in [4.78, 5) is 37.8. The minimum absolute atomic E-state index is 0.0453. The van der Waals surface area contributed by atoms with Gasteiger partial charge in [-0.25, -0.2) is 4.79 Å². The van der Waals surface area contributed by atoms with Crippen molar-refractivity contribution in [1.29, 1.82) is 0 Å². The van der Waals surface area contributed by atoms with Crippen molar-refractivity contribution in [1.82, 2.24) is 14.8 Å². The van der Waals surface area contributed by atoms with Gasteiger partial charge >= 0.3 is 5.97 Å². The molecule has 0 aliphatic carbocycles. The van der Waals surface area contributed by atoms with Gasteiger partial charge in [-0.1, -0.05) is 0 Å². The molecular weight excluding hydrogens is 286 g/mol. The number of rotatable bonds is 3. The Morgan fingerprint density at radius 2 is 1.86 bits per heavy atom. The minimum Gasteiger partial charge on any atom is -0.477 e. The number of hydrogen-bond acceptors (Lipinski definition) is 4. The zero-order valence-corrected chi connectivity index (χ0v) is 12.8. The molecule has 0 saturated carbocycles. The highest BCUT2D eigenvalue weighted by atomic mass is 16.4. The molecular formula is C15H21N3O4. The lowest BCUT2D eigenvalue weighted by molar-refractivity contribution is 0.0694. The molecule has 1 fully saturated rings. The third-order valence-electron chi connectivity index (χ3n) is 3.73. The van der Waals surface area contributed by atoms with Crippen LogP contribution < -0.4 is 10.7 Å². The van der Waals surface area contributed by atoms with Gasteiger partial charge in [0.1, 0.15) is 11.1 Å². The van der Waals surface area contributed by atoms with Crippen molar-refractivity contribution in [2.24, 2.45) is 0 Å². The standard InChI is InChI=1S/C15H21N3O4/c1-10(2)18-8-11(13(19)12(9-18)15(21)22)14(20)17-6-3-4-16-5-7-17/h8-10,16H,3-7H2,1-2H3,(H,21,22). The summed E-state index contributed by atoms with van der Waals surface area (Å²) < 4.78 is 1.59. The Balaban J connectivity index is 2.46. The van der Waals surface area contributed by atoms with Gasteiger partial charge < -0.3 is 19.9 Å². The van der Waals surface area contributed by atoms with Crippen LogP contribution in [-0.2, 0) is 0 Å². The first-order valence-electron chi connectivity index (χ1n) is 7.41. The first kappa shape index (κ1) is 16.2. The number of carbonyl (C=O) groups is 2. The molecule has 120 valence electrons. The quantitative estimate of drug-likeness (QED) is 0.851. The van der Waals surface area contributed by atoms with Gasteiger partial charge in [0.25, 0.3) is 5.91 Å². The highest BCUT2D eigenvalue weighted by molar-refractivity contribution is 5.97. The van der Waals surface area contributed by atoms with Crippen LogP contribution in [0.15, 0.2) is 17.2 Å². The molecule has 0 radical (unpaired) electrons. The van der Waals surface area contributed by atoms with Crippen LogP contribution in [0.3, 0.4) is 0 Å². The second kappa shape index (κ2) is 6.74. The number of nitrogens with zero attached hydrogens (tertiary/aromatic N) is 2. The Hall–Kier alpha value is -2.15. The van der Waals surface area contributed by atoms with Crippen molar-refractivity contribution in [2.75, 3.05) is 26.2 Å². The fourth-order valence-electron chi connectivity index (χ4n) is 2.42. The van der Waals surface area contributed by atoms with Crippen LogP contribution in [0.1, 0.15) is 47.0 Å². The first-order valence-corrected chi connectivity index (χ1v) is 7.41. The molecule has 1 aliphatic heterocycles. The summed E-state index contributed by atoms with van der Waals surface area (Å²) in [5.41, 5.74) is -1.16. The summed E-state index contributed by atoms with van der Waals surface area (Å²) >= 11 is 0. The predicted octanol–water partition coefficient (Wildman–Crippen LogP) is 0.563. The molecule has 1 aromatic rings. The molecule has 0 bridgehead atoms. The highest BCUT2D eigenvalue weighted by Crippen LogP contribution is 2.10. The second-order valence-electron chi connectivity index (χ2n) is 5.66. The van der Waals surface area contributed by atoms with E-state index in [9.17, 15) is 19.5 Å². The Morgan fingerprint density at radius 3 is 2.50 bits per heavy atom. The maximum absolute atomic E-state index is 12.6. The van der Waals surface area contributed by atoms with E-state index >= 15 is 0 Å². The number of amides is 1. The van der Waals surface area contributed by atoms with Gasteiger partial charge in [-0.2, -0.15) is 0 Å². The average molecular weight is 307 g/mol. The van der Waals surface area contributed by atoms with Crippen LogP contribution >= 0.6 is 0 Å². The Bertz CT molecular complexity index is 628. The van der Waals surface area contributed by atoms with Gasteiger partial charge in [0, 0.05) is 38.1 Å². The summed E-state index contributed by atoms with van der Waals surface area (Å²) in [6.07, 6.45) is 3.55. The van der Waals surface area contributed by atoms with Crippen molar-refractivity contribution in [3.8, 4) is 0 Å². The molecule has 1 saturated heterocycles. The van der Waals surface area contributed by atoms with Crippen LogP contribution in [0, 0.1) is 0 Å². The van der Waals surface area contributed by atoms with Crippen molar-refractivity contribution in [2.45, 2.75) is 26.3 Å². The van der Waals surface area contributed by atoms with E-state index in [2.05, 4.69) is 5.32 Å². The number of carboxylic acids is 1. The summed E-state index contributed by atoms with van der Waals surface area (Å²) in [5.74, 6) is -1.71. The topological polar surface area (TPSA) is 91.6 Å². The largest absolute Gasteiger partial charge is 0.477 e. The van der Waals surface area contributed by atoms with Crippen molar-refractivity contribution >= 4 is 11.9 Å². The minimum atomic E-state index is -1.31. The van der Waals surface area contributed by atoms with Crippen LogP contribution in [0.4, 0.5) is 0 Å². The SMILES string of the molecule is CC(C)n1cc(C(=O)O)c(=O)c(C(=O)N2CCCNCC2)c1. The smallest absolute Gasteiger partial charge is 0.341 e. The third-order valence-corrected chi connectivity index (χ3v) is 3.73. The normalized spacial score (nSPS) is 15.7. The lowest BCUT2D eigenvalue weighted by atomic mass is 10.1. The van der Waals surface area contributed by atoms with Crippen molar-refractivity contribution < 1.29 is 14.7 Å². The predicted molar refractivity (Wildman–Crippen MR) is 81.4 cm³/mol.